The molecule has 0 aromatic heterocycles. The number of hydrogen-bond donors (Lipinski definition) is 1. The quantitative estimate of drug-likeness (QED) is 0.412. The van der Waals surface area contributed by atoms with E-state index in [1.807, 2.05) is 0 Å². The van der Waals surface area contributed by atoms with Crippen molar-refractivity contribution < 1.29 is 14.9 Å². The second kappa shape index (κ2) is 7.18. The van der Waals surface area contributed by atoms with E-state index in [-0.39, 0.29) is 22.5 Å². The molecule has 6 rings (SSSR count). The van der Waals surface area contributed by atoms with Gasteiger partial charge < -0.3 is 5.11 Å². The molecular weight excluding hydrogens is 384 g/mol. The molecule has 3 unspecified atom stereocenters. The number of hydrogen-bond acceptors (Lipinski definition) is 3. The highest BCUT2D eigenvalue weighted by Crippen LogP contribution is 2.72. The van der Waals surface area contributed by atoms with Crippen molar-refractivity contribution in [2.75, 3.05) is 0 Å². The number of allylic oxidation sites excluding steroid dienone is 2. The highest BCUT2D eigenvalue weighted by atomic mass is 17.2. The SMILES string of the molecule is CC(C)[C@@H](C)C=C[C@@H](C)[C@H]1CC[C@H]2C34C=CC5(CC(O)CC[C@]5(C)[C@H]3CC[C@]12C)OO4. The minimum atomic E-state index is -0.439. The highest BCUT2D eigenvalue weighted by Gasteiger charge is 2.74. The smallest absolute Gasteiger partial charge is 0.130 e. The Labute approximate surface area is 189 Å². The number of fused-ring (bicyclic) bond motifs is 2. The lowest BCUT2D eigenvalue weighted by molar-refractivity contribution is -0.497. The molecule has 4 fully saturated rings. The second-order valence-corrected chi connectivity index (χ2v) is 12.7. The third-order valence-corrected chi connectivity index (χ3v) is 11.1. The van der Waals surface area contributed by atoms with Crippen LogP contribution in [-0.4, -0.2) is 22.4 Å². The molecular formula is C28H44O3. The van der Waals surface area contributed by atoms with E-state index in [0.29, 0.717) is 41.9 Å². The largest absolute Gasteiger partial charge is 0.393 e. The van der Waals surface area contributed by atoms with Gasteiger partial charge in [0.15, 0.2) is 0 Å². The molecule has 1 N–H and O–H groups in total. The minimum absolute atomic E-state index is 0.0663. The molecule has 6 aliphatic rings. The molecule has 1 saturated heterocycles. The summed E-state index contributed by atoms with van der Waals surface area (Å²) in [5.74, 6) is 3.64. The molecule has 10 atom stereocenters. The Morgan fingerprint density at radius 1 is 0.903 bits per heavy atom. The maximum Gasteiger partial charge on any atom is 0.130 e. The predicted molar refractivity (Wildman–Crippen MR) is 124 cm³/mol. The van der Waals surface area contributed by atoms with Crippen LogP contribution in [0.25, 0.3) is 0 Å². The molecule has 3 saturated carbocycles. The molecule has 0 radical (unpaired) electrons. The number of aliphatic hydroxyl groups excluding tert-OH is 1. The van der Waals surface area contributed by atoms with E-state index in [0.717, 1.165) is 12.8 Å². The van der Waals surface area contributed by atoms with Crippen molar-refractivity contribution in [2.24, 2.45) is 46.3 Å². The molecule has 0 amide bonds. The average Bonchev–Trinajstić information content (AvgIpc) is 3.09. The van der Waals surface area contributed by atoms with Crippen LogP contribution >= 0.6 is 0 Å². The zero-order valence-corrected chi connectivity index (χ0v) is 20.6. The maximum absolute atomic E-state index is 10.4. The number of rotatable bonds is 4. The fraction of sp³-hybridized carbons (Fsp3) is 0.857. The van der Waals surface area contributed by atoms with Gasteiger partial charge in [0.25, 0.3) is 0 Å². The first-order chi connectivity index (χ1) is 14.6. The van der Waals surface area contributed by atoms with E-state index in [9.17, 15) is 5.11 Å². The predicted octanol–water partition coefficient (Wildman–Crippen LogP) is 6.47. The van der Waals surface area contributed by atoms with Gasteiger partial charge in [0.05, 0.1) is 6.10 Å². The van der Waals surface area contributed by atoms with Crippen LogP contribution in [-0.2, 0) is 9.78 Å². The summed E-state index contributed by atoms with van der Waals surface area (Å²) in [7, 11) is 0. The first-order valence-corrected chi connectivity index (χ1v) is 13.0. The van der Waals surface area contributed by atoms with Crippen LogP contribution in [0.2, 0.25) is 0 Å². The lowest BCUT2D eigenvalue weighted by atomic mass is 9.43. The van der Waals surface area contributed by atoms with E-state index in [1.54, 1.807) is 0 Å². The van der Waals surface area contributed by atoms with Crippen LogP contribution in [0.4, 0.5) is 0 Å². The van der Waals surface area contributed by atoms with Crippen LogP contribution < -0.4 is 0 Å². The van der Waals surface area contributed by atoms with E-state index < -0.39 is 5.60 Å². The molecule has 174 valence electrons. The maximum atomic E-state index is 10.4. The third kappa shape index (κ3) is 2.88. The van der Waals surface area contributed by atoms with Crippen molar-refractivity contribution in [2.45, 2.75) is 104 Å². The van der Waals surface area contributed by atoms with Gasteiger partial charge in [-0.1, -0.05) is 59.8 Å². The van der Waals surface area contributed by atoms with E-state index in [4.69, 9.17) is 9.78 Å². The Morgan fingerprint density at radius 2 is 1.68 bits per heavy atom. The van der Waals surface area contributed by atoms with Crippen LogP contribution in [0.1, 0.15) is 86.5 Å². The van der Waals surface area contributed by atoms with Crippen molar-refractivity contribution in [1.82, 2.24) is 0 Å². The van der Waals surface area contributed by atoms with Gasteiger partial charge in [-0.2, -0.15) is 0 Å². The normalized spacial score (nSPS) is 52.8. The molecule has 2 bridgehead atoms. The van der Waals surface area contributed by atoms with E-state index in [1.165, 1.54) is 25.7 Å². The van der Waals surface area contributed by atoms with Gasteiger partial charge >= 0.3 is 0 Å². The van der Waals surface area contributed by atoms with Gasteiger partial charge in [0.1, 0.15) is 11.2 Å². The average molecular weight is 429 g/mol. The van der Waals surface area contributed by atoms with E-state index in [2.05, 4.69) is 65.8 Å². The molecule has 0 aromatic carbocycles. The first-order valence-electron chi connectivity index (χ1n) is 13.0. The van der Waals surface area contributed by atoms with Crippen LogP contribution in [0.5, 0.6) is 0 Å². The molecule has 3 nitrogen and oxygen atoms in total. The second-order valence-electron chi connectivity index (χ2n) is 12.7. The summed E-state index contributed by atoms with van der Waals surface area (Å²) in [5, 5.41) is 10.4. The standard InChI is InChI=1S/C28H44O3/c1-18(2)19(3)7-8-20(4)22-9-10-23-25(22,5)13-12-24-26(6)14-11-21(29)17-27(26)15-16-28(23,24)31-30-27/h7-8,15-16,18-24,29H,9-14,17H2,1-6H3/t19-,20+,21?,22+,23+,24+,25+,26+,27?,28?/m0/s1. The third-order valence-electron chi connectivity index (χ3n) is 11.1. The van der Waals surface area contributed by atoms with Crippen LogP contribution in [0, 0.1) is 46.3 Å². The topological polar surface area (TPSA) is 38.7 Å². The number of aliphatic hydroxyl groups is 1. The molecule has 4 aliphatic carbocycles. The van der Waals surface area contributed by atoms with Gasteiger partial charge in [-0.25, -0.2) is 9.78 Å². The fourth-order valence-electron chi connectivity index (χ4n) is 8.71. The lowest BCUT2D eigenvalue weighted by Crippen LogP contribution is -2.73. The molecule has 2 heterocycles. The monoisotopic (exact) mass is 428 g/mol. The van der Waals surface area contributed by atoms with Gasteiger partial charge in [-0.3, -0.25) is 0 Å². The molecule has 0 aromatic rings. The van der Waals surface area contributed by atoms with Gasteiger partial charge in [-0.05, 0) is 73.7 Å². The summed E-state index contributed by atoms with van der Waals surface area (Å²) in [6.45, 7) is 14.4. The molecule has 2 spiro atoms. The summed E-state index contributed by atoms with van der Waals surface area (Å²) in [4.78, 5) is 12.8. The lowest BCUT2D eigenvalue weighted by Gasteiger charge is -2.69. The zero-order chi connectivity index (χ0) is 22.2. The van der Waals surface area contributed by atoms with Crippen LogP contribution in [0.3, 0.4) is 0 Å². The Bertz CT molecular complexity index is 772. The van der Waals surface area contributed by atoms with Crippen molar-refractivity contribution in [1.29, 1.82) is 0 Å². The van der Waals surface area contributed by atoms with Crippen molar-refractivity contribution in [3.63, 3.8) is 0 Å². The Kier molecular flexibility index (Phi) is 5.13. The Hall–Kier alpha value is -0.640. The Morgan fingerprint density at radius 3 is 2.35 bits per heavy atom. The molecule has 31 heavy (non-hydrogen) atoms. The van der Waals surface area contributed by atoms with Crippen molar-refractivity contribution in [3.8, 4) is 0 Å². The molecule has 2 aliphatic heterocycles. The summed E-state index contributed by atoms with van der Waals surface area (Å²) < 4.78 is 0. The van der Waals surface area contributed by atoms with Crippen LogP contribution in [0.15, 0.2) is 24.3 Å². The highest BCUT2D eigenvalue weighted by molar-refractivity contribution is 5.33. The van der Waals surface area contributed by atoms with Crippen molar-refractivity contribution in [3.05, 3.63) is 24.3 Å². The first kappa shape index (κ1) is 22.2. The van der Waals surface area contributed by atoms with E-state index >= 15 is 0 Å². The Balaban J connectivity index is 1.45. The molecule has 3 heteroatoms. The summed E-state index contributed by atoms with van der Waals surface area (Å²) in [6.07, 6.45) is 17.0. The van der Waals surface area contributed by atoms with Gasteiger partial charge in [0, 0.05) is 23.7 Å². The van der Waals surface area contributed by atoms with Gasteiger partial charge in [0.2, 0.25) is 0 Å². The van der Waals surface area contributed by atoms with Crippen molar-refractivity contribution >= 4 is 0 Å². The van der Waals surface area contributed by atoms with Gasteiger partial charge in [-0.15, -0.1) is 0 Å². The summed E-state index contributed by atoms with van der Waals surface area (Å²) >= 11 is 0. The fourth-order valence-corrected chi connectivity index (χ4v) is 8.71. The summed E-state index contributed by atoms with van der Waals surface area (Å²) in [6, 6.07) is 0. The summed E-state index contributed by atoms with van der Waals surface area (Å²) in [5.41, 5.74) is -0.366. The minimum Gasteiger partial charge on any atom is -0.393 e. The zero-order valence-electron chi connectivity index (χ0n) is 20.6.